The van der Waals surface area contributed by atoms with Crippen molar-refractivity contribution in [2.75, 3.05) is 44.9 Å². The maximum Gasteiger partial charge on any atom is 0.264 e. The van der Waals surface area contributed by atoms with E-state index in [1.54, 1.807) is 20.1 Å². The number of nitrogens with zero attached hydrogens (tertiary/aromatic N) is 1. The first kappa shape index (κ1) is 32.4. The van der Waals surface area contributed by atoms with Crippen LogP contribution in [0.1, 0.15) is 67.4 Å². The normalized spacial score (nSPS) is 31.9. The molecule has 2 aliphatic heterocycles. The second-order valence-corrected chi connectivity index (χ2v) is 16.0. The Morgan fingerprint density at radius 1 is 1.11 bits per heavy atom. The van der Waals surface area contributed by atoms with Crippen molar-refractivity contribution in [1.29, 1.82) is 0 Å². The van der Waals surface area contributed by atoms with Gasteiger partial charge in [0, 0.05) is 36.2 Å². The number of carbonyl (C=O) groups excluding carboxylic acids is 1. The van der Waals surface area contributed by atoms with Crippen molar-refractivity contribution >= 4 is 33.2 Å². The van der Waals surface area contributed by atoms with Crippen LogP contribution in [0.4, 0.5) is 5.69 Å². The van der Waals surface area contributed by atoms with E-state index in [4.69, 9.17) is 25.8 Å². The fourth-order valence-electron chi connectivity index (χ4n) is 7.70. The molecule has 1 fully saturated rings. The number of rotatable bonds is 4. The number of sulfonamides is 1. The lowest BCUT2D eigenvalue weighted by Gasteiger charge is -2.46. The molecule has 2 aliphatic carbocycles. The summed E-state index contributed by atoms with van der Waals surface area (Å²) in [7, 11) is -2.22. The van der Waals surface area contributed by atoms with Crippen molar-refractivity contribution in [1.82, 2.24) is 4.72 Å². The summed E-state index contributed by atoms with van der Waals surface area (Å²) in [5.74, 6) is 0.759. The molecule has 1 N–H and O–H groups in total. The van der Waals surface area contributed by atoms with Crippen molar-refractivity contribution in [3.8, 4) is 5.75 Å². The zero-order valence-electron chi connectivity index (χ0n) is 26.5. The van der Waals surface area contributed by atoms with E-state index in [1.165, 1.54) is 11.1 Å². The molecular weight excluding hydrogens is 612 g/mol. The Hall–Kier alpha value is -2.59. The van der Waals surface area contributed by atoms with E-state index in [9.17, 15) is 13.2 Å². The van der Waals surface area contributed by atoms with Gasteiger partial charge in [-0.2, -0.15) is 0 Å². The number of methoxy groups -OCH3 is 1. The largest absolute Gasteiger partial charge is 0.490 e. The van der Waals surface area contributed by atoms with E-state index in [0.717, 1.165) is 55.9 Å². The third-order valence-corrected chi connectivity index (χ3v) is 12.3. The maximum absolute atomic E-state index is 13.4. The second kappa shape index (κ2) is 13.3. The van der Waals surface area contributed by atoms with Crippen LogP contribution in [0.5, 0.6) is 5.75 Å². The van der Waals surface area contributed by atoms with Crippen molar-refractivity contribution in [2.45, 2.75) is 69.1 Å². The number of hydrogen-bond acceptors (Lipinski definition) is 7. The number of benzene rings is 2. The zero-order valence-corrected chi connectivity index (χ0v) is 28.0. The average molecular weight is 657 g/mol. The molecule has 0 radical (unpaired) electrons. The molecule has 6 atom stereocenters. The highest BCUT2D eigenvalue weighted by molar-refractivity contribution is 7.90. The van der Waals surface area contributed by atoms with Gasteiger partial charge < -0.3 is 19.1 Å². The third-order valence-electron chi connectivity index (χ3n) is 10.3. The first-order valence-electron chi connectivity index (χ1n) is 16.2. The molecule has 0 unspecified atom stereocenters. The summed E-state index contributed by atoms with van der Waals surface area (Å²) >= 11 is 6.43. The Kier molecular flexibility index (Phi) is 9.53. The molecule has 2 bridgehead atoms. The number of aryl methyl sites for hydroxylation is 1. The lowest BCUT2D eigenvalue weighted by atomic mass is 9.68. The van der Waals surface area contributed by atoms with Crippen LogP contribution in [-0.4, -0.2) is 65.7 Å². The van der Waals surface area contributed by atoms with Gasteiger partial charge in [0.05, 0.1) is 36.9 Å². The highest BCUT2D eigenvalue weighted by atomic mass is 35.5. The van der Waals surface area contributed by atoms with Gasteiger partial charge in [0.1, 0.15) is 5.75 Å². The monoisotopic (exact) mass is 656 g/mol. The topological polar surface area (TPSA) is 94.2 Å². The molecule has 2 aromatic rings. The fourth-order valence-corrected chi connectivity index (χ4v) is 9.03. The van der Waals surface area contributed by atoms with Crippen molar-refractivity contribution in [3.63, 3.8) is 0 Å². The minimum atomic E-state index is -3.90. The summed E-state index contributed by atoms with van der Waals surface area (Å²) in [6.07, 6.45) is 9.63. The second-order valence-electron chi connectivity index (χ2n) is 13.5. The summed E-state index contributed by atoms with van der Waals surface area (Å²) in [4.78, 5) is 15.8. The lowest BCUT2D eigenvalue weighted by molar-refractivity contribution is -0.0310. The van der Waals surface area contributed by atoms with Gasteiger partial charge in [0.25, 0.3) is 5.91 Å². The first-order chi connectivity index (χ1) is 21.6. The smallest absolute Gasteiger partial charge is 0.264 e. The number of allylic oxidation sites excluding steroid dienone is 1. The minimum absolute atomic E-state index is 0.0139. The van der Waals surface area contributed by atoms with Crippen molar-refractivity contribution in [3.05, 3.63) is 70.3 Å². The molecule has 244 valence electrons. The molecule has 0 saturated heterocycles. The molecule has 8 nitrogen and oxygen atoms in total. The molecule has 2 heterocycles. The van der Waals surface area contributed by atoms with Crippen LogP contribution in [0.15, 0.2) is 48.6 Å². The SMILES string of the molecule is COCCO[C@H]1/C=C/[C@@H](C)C[C@@H](C)S(=O)(=O)NC(=O)c2ccc3c(c2)N(C[C@@H]2CC[C@H]21)C[C@@]1(CCCc2cc(Cl)ccc21)CO3. The number of halogens is 1. The van der Waals surface area contributed by atoms with Crippen LogP contribution in [0, 0.1) is 17.8 Å². The summed E-state index contributed by atoms with van der Waals surface area (Å²) < 4.78 is 47.1. The molecule has 10 heteroatoms. The van der Waals surface area contributed by atoms with Gasteiger partial charge in [-0.1, -0.05) is 36.7 Å². The van der Waals surface area contributed by atoms with Crippen LogP contribution in [0.3, 0.4) is 0 Å². The molecule has 4 aliphatic rings. The van der Waals surface area contributed by atoms with Crippen LogP contribution in [-0.2, 0) is 31.3 Å². The van der Waals surface area contributed by atoms with E-state index >= 15 is 0 Å². The predicted octanol–water partition coefficient (Wildman–Crippen LogP) is 5.92. The summed E-state index contributed by atoms with van der Waals surface area (Å²) in [6, 6.07) is 11.5. The number of anilines is 1. The standard InChI is InChI=1S/C35H45ClN2O6S/c1-23-6-12-32(43-16-15-42-3)29-10-7-27(29)20-38-21-35(14-4-5-25-18-28(36)9-11-30(25)35)22-44-33-13-8-26(19-31(33)38)34(39)37-45(40,41)24(2)17-23/h6,8-9,11-13,18-19,23-24,27,29,32H,4-5,7,10,14-17,20-22H2,1-3H3,(H,37,39)/b12-6+/t23-,24-,27+,29-,32+,35+/m1/s1. The number of fused-ring (bicyclic) bond motifs is 4. The fraction of sp³-hybridized carbons (Fsp3) is 0.571. The van der Waals surface area contributed by atoms with Gasteiger partial charge in [-0.05, 0) is 105 Å². The van der Waals surface area contributed by atoms with E-state index < -0.39 is 21.2 Å². The van der Waals surface area contributed by atoms with Gasteiger partial charge in [-0.3, -0.25) is 4.79 Å². The number of ether oxygens (including phenoxy) is 3. The van der Waals surface area contributed by atoms with Crippen LogP contribution in [0.2, 0.25) is 5.02 Å². The molecule has 6 rings (SSSR count). The maximum atomic E-state index is 13.4. The van der Waals surface area contributed by atoms with E-state index in [-0.39, 0.29) is 17.4 Å². The van der Waals surface area contributed by atoms with E-state index in [0.29, 0.717) is 49.4 Å². The van der Waals surface area contributed by atoms with Crippen LogP contribution in [0.25, 0.3) is 0 Å². The third kappa shape index (κ3) is 6.78. The van der Waals surface area contributed by atoms with Gasteiger partial charge >= 0.3 is 0 Å². The molecule has 1 amide bonds. The highest BCUT2D eigenvalue weighted by Crippen LogP contribution is 2.47. The molecular formula is C35H45ClN2O6S. The quantitative estimate of drug-likeness (QED) is 0.323. The van der Waals surface area contributed by atoms with Crippen molar-refractivity contribution < 1.29 is 27.4 Å². The summed E-state index contributed by atoms with van der Waals surface area (Å²) in [6.45, 7) is 6.68. The number of carbonyl (C=O) groups is 1. The summed E-state index contributed by atoms with van der Waals surface area (Å²) in [5.41, 5.74) is 3.42. The Balaban J connectivity index is 1.41. The Morgan fingerprint density at radius 3 is 2.73 bits per heavy atom. The molecule has 45 heavy (non-hydrogen) atoms. The summed E-state index contributed by atoms with van der Waals surface area (Å²) in [5, 5.41) is -0.00790. The van der Waals surface area contributed by atoms with E-state index in [2.05, 4.69) is 33.9 Å². The number of hydrogen-bond donors (Lipinski definition) is 1. The van der Waals surface area contributed by atoms with Crippen molar-refractivity contribution in [2.24, 2.45) is 17.8 Å². The molecule has 2 aromatic carbocycles. The molecule has 1 spiro atoms. The number of nitrogens with one attached hydrogen (secondary N) is 1. The Bertz CT molecular complexity index is 1550. The predicted molar refractivity (Wildman–Crippen MR) is 177 cm³/mol. The van der Waals surface area contributed by atoms with Crippen LogP contribution >= 0.6 is 11.6 Å². The molecule has 1 saturated carbocycles. The van der Waals surface area contributed by atoms with E-state index in [1.807, 2.05) is 25.1 Å². The van der Waals surface area contributed by atoms with Gasteiger partial charge in [-0.25, -0.2) is 13.1 Å². The Labute approximate surface area is 272 Å². The minimum Gasteiger partial charge on any atom is -0.490 e. The van der Waals surface area contributed by atoms with Gasteiger partial charge in [0.15, 0.2) is 0 Å². The van der Waals surface area contributed by atoms with Gasteiger partial charge in [0.2, 0.25) is 10.0 Å². The average Bonchev–Trinajstić information content (AvgIpc) is 3.14. The molecule has 0 aromatic heterocycles. The highest BCUT2D eigenvalue weighted by Gasteiger charge is 2.44. The zero-order chi connectivity index (χ0) is 31.8. The number of amides is 1. The Morgan fingerprint density at radius 2 is 1.96 bits per heavy atom. The van der Waals surface area contributed by atoms with Gasteiger partial charge in [-0.15, -0.1) is 0 Å². The van der Waals surface area contributed by atoms with Crippen LogP contribution < -0.4 is 14.4 Å². The lowest BCUT2D eigenvalue weighted by Crippen LogP contribution is -2.49. The first-order valence-corrected chi connectivity index (χ1v) is 18.2.